The predicted molar refractivity (Wildman–Crippen MR) is 99.5 cm³/mol. The van der Waals surface area contributed by atoms with E-state index in [1.54, 1.807) is 13.3 Å². The third kappa shape index (κ3) is 3.68. The number of aromatic nitrogens is 1. The van der Waals surface area contributed by atoms with Crippen LogP contribution in [0.1, 0.15) is 30.0 Å². The van der Waals surface area contributed by atoms with Crippen molar-refractivity contribution in [1.82, 2.24) is 9.88 Å². The van der Waals surface area contributed by atoms with Gasteiger partial charge in [-0.15, -0.1) is 0 Å². The number of benzene rings is 1. The number of rotatable bonds is 4. The lowest BCUT2D eigenvalue weighted by Crippen LogP contribution is -2.48. The number of hydrogen-bond donors (Lipinski definition) is 0. The van der Waals surface area contributed by atoms with Crippen LogP contribution in [-0.4, -0.2) is 55.0 Å². The van der Waals surface area contributed by atoms with Crippen LogP contribution >= 0.6 is 0 Å². The van der Waals surface area contributed by atoms with Gasteiger partial charge in [0.05, 0.1) is 26.0 Å². The molecule has 1 aromatic heterocycles. The molecular weight excluding hydrogens is 344 g/mol. The van der Waals surface area contributed by atoms with Gasteiger partial charge in [-0.25, -0.2) is 0 Å². The molecule has 2 fully saturated rings. The van der Waals surface area contributed by atoms with Crippen molar-refractivity contribution in [2.24, 2.45) is 0 Å². The smallest absolute Gasteiger partial charge is 0.236 e. The van der Waals surface area contributed by atoms with E-state index in [4.69, 9.17) is 14.2 Å². The Labute approximate surface area is 159 Å². The number of nitrogens with zero attached hydrogens (tertiary/aromatic N) is 2. The van der Waals surface area contributed by atoms with Crippen molar-refractivity contribution in [3.05, 3.63) is 59.9 Å². The Balaban J connectivity index is 1.57. The van der Waals surface area contributed by atoms with E-state index in [0.717, 1.165) is 17.0 Å². The molecule has 0 saturated carbocycles. The van der Waals surface area contributed by atoms with E-state index < -0.39 is 11.7 Å². The van der Waals surface area contributed by atoms with Crippen LogP contribution in [-0.2, 0) is 14.3 Å². The van der Waals surface area contributed by atoms with Crippen molar-refractivity contribution in [2.45, 2.75) is 24.5 Å². The second-order valence-corrected chi connectivity index (χ2v) is 6.89. The minimum absolute atomic E-state index is 0.0618. The average molecular weight is 368 g/mol. The molecular formula is C21H24N2O4. The number of ether oxygens (including phenoxy) is 3. The topological polar surface area (TPSA) is 60.9 Å². The Morgan fingerprint density at radius 2 is 1.81 bits per heavy atom. The SMILES string of the molecule is COc1ccc(C(C(=O)N2CCC3(CC2)OCCO3)c2ccccn2)cc1. The largest absolute Gasteiger partial charge is 0.497 e. The Bertz CT molecular complexity index is 763. The number of carbonyl (C=O) groups is 1. The van der Waals surface area contributed by atoms with Gasteiger partial charge >= 0.3 is 0 Å². The predicted octanol–water partition coefficient (Wildman–Crippen LogP) is 2.59. The first kappa shape index (κ1) is 17.9. The molecule has 1 unspecified atom stereocenters. The molecule has 4 rings (SSSR count). The highest BCUT2D eigenvalue weighted by Gasteiger charge is 2.42. The summed E-state index contributed by atoms with van der Waals surface area (Å²) in [6.45, 7) is 2.52. The monoisotopic (exact) mass is 368 g/mol. The zero-order valence-electron chi connectivity index (χ0n) is 15.5. The van der Waals surface area contributed by atoms with Crippen LogP contribution in [0.5, 0.6) is 5.75 Å². The summed E-state index contributed by atoms with van der Waals surface area (Å²) < 4.78 is 16.8. The third-order valence-electron chi connectivity index (χ3n) is 5.33. The summed E-state index contributed by atoms with van der Waals surface area (Å²) in [7, 11) is 1.63. The summed E-state index contributed by atoms with van der Waals surface area (Å²) >= 11 is 0. The molecule has 142 valence electrons. The van der Waals surface area contributed by atoms with Crippen molar-refractivity contribution < 1.29 is 19.0 Å². The molecule has 3 heterocycles. The van der Waals surface area contributed by atoms with Crippen molar-refractivity contribution >= 4 is 5.91 Å². The molecule has 0 aliphatic carbocycles. The maximum absolute atomic E-state index is 13.4. The molecule has 1 atom stereocenters. The van der Waals surface area contributed by atoms with Gasteiger partial charge < -0.3 is 19.1 Å². The fraction of sp³-hybridized carbons (Fsp3) is 0.429. The quantitative estimate of drug-likeness (QED) is 0.830. The molecule has 0 N–H and O–H groups in total. The highest BCUT2D eigenvalue weighted by atomic mass is 16.7. The van der Waals surface area contributed by atoms with Crippen molar-refractivity contribution in [1.29, 1.82) is 0 Å². The van der Waals surface area contributed by atoms with Crippen LogP contribution in [0.3, 0.4) is 0 Å². The summed E-state index contributed by atoms with van der Waals surface area (Å²) in [6, 6.07) is 13.3. The summed E-state index contributed by atoms with van der Waals surface area (Å²) in [5.41, 5.74) is 1.66. The second kappa shape index (κ2) is 7.66. The van der Waals surface area contributed by atoms with Gasteiger partial charge in [0, 0.05) is 32.1 Å². The van der Waals surface area contributed by atoms with Crippen molar-refractivity contribution in [3.63, 3.8) is 0 Å². The number of piperidine rings is 1. The molecule has 1 amide bonds. The number of carbonyl (C=O) groups excluding carboxylic acids is 1. The number of amides is 1. The number of hydrogen-bond acceptors (Lipinski definition) is 5. The second-order valence-electron chi connectivity index (χ2n) is 6.89. The molecule has 2 aromatic rings. The maximum Gasteiger partial charge on any atom is 0.236 e. The highest BCUT2D eigenvalue weighted by Crippen LogP contribution is 2.34. The molecule has 6 heteroatoms. The molecule has 2 saturated heterocycles. The van der Waals surface area contributed by atoms with Gasteiger partial charge in [0.2, 0.25) is 5.91 Å². The lowest BCUT2D eigenvalue weighted by atomic mass is 9.92. The average Bonchev–Trinajstić information content (AvgIpc) is 3.18. The first-order valence-corrected chi connectivity index (χ1v) is 9.32. The van der Waals surface area contributed by atoms with Crippen LogP contribution in [0.2, 0.25) is 0 Å². The van der Waals surface area contributed by atoms with E-state index in [1.165, 1.54) is 0 Å². The molecule has 0 bridgehead atoms. The summed E-state index contributed by atoms with van der Waals surface area (Å²) in [5.74, 6) is -0.0955. The summed E-state index contributed by atoms with van der Waals surface area (Å²) in [4.78, 5) is 19.8. The molecule has 2 aliphatic heterocycles. The fourth-order valence-electron chi connectivity index (χ4n) is 3.82. The van der Waals surface area contributed by atoms with Gasteiger partial charge in [0.1, 0.15) is 11.7 Å². The number of methoxy groups -OCH3 is 1. The van der Waals surface area contributed by atoms with E-state index in [2.05, 4.69) is 4.98 Å². The van der Waals surface area contributed by atoms with Crippen molar-refractivity contribution in [3.8, 4) is 5.75 Å². The lowest BCUT2D eigenvalue weighted by Gasteiger charge is -2.38. The van der Waals surface area contributed by atoms with Gasteiger partial charge in [0.25, 0.3) is 0 Å². The Hall–Kier alpha value is -2.44. The normalized spacial score (nSPS) is 19.8. The number of likely N-dealkylation sites (tertiary alicyclic amines) is 1. The van der Waals surface area contributed by atoms with Crippen LogP contribution in [0.25, 0.3) is 0 Å². The highest BCUT2D eigenvalue weighted by molar-refractivity contribution is 5.87. The standard InChI is InChI=1S/C21H24N2O4/c1-25-17-7-5-16(6-8-17)19(18-4-2-3-11-22-18)20(24)23-12-9-21(10-13-23)26-14-15-27-21/h2-8,11,19H,9-10,12-15H2,1H3. The van der Waals surface area contributed by atoms with E-state index in [9.17, 15) is 4.79 Å². The van der Waals surface area contributed by atoms with Gasteiger partial charge in [0.15, 0.2) is 5.79 Å². The molecule has 2 aliphatic rings. The summed E-state index contributed by atoms with van der Waals surface area (Å²) in [5, 5.41) is 0. The summed E-state index contributed by atoms with van der Waals surface area (Å²) in [6.07, 6.45) is 3.14. The first-order chi connectivity index (χ1) is 13.2. The van der Waals surface area contributed by atoms with Crippen LogP contribution in [0, 0.1) is 0 Å². The fourth-order valence-corrected chi connectivity index (χ4v) is 3.82. The van der Waals surface area contributed by atoms with E-state index in [1.807, 2.05) is 47.4 Å². The third-order valence-corrected chi connectivity index (χ3v) is 5.33. The van der Waals surface area contributed by atoms with Gasteiger partial charge in [-0.1, -0.05) is 18.2 Å². The molecule has 6 nitrogen and oxygen atoms in total. The Kier molecular flexibility index (Phi) is 5.09. The molecule has 27 heavy (non-hydrogen) atoms. The van der Waals surface area contributed by atoms with Gasteiger partial charge in [-0.05, 0) is 29.8 Å². The van der Waals surface area contributed by atoms with Crippen LogP contribution < -0.4 is 4.74 Å². The maximum atomic E-state index is 13.4. The van der Waals surface area contributed by atoms with E-state index in [-0.39, 0.29) is 5.91 Å². The molecule has 1 aromatic carbocycles. The number of pyridine rings is 1. The first-order valence-electron chi connectivity index (χ1n) is 9.32. The minimum Gasteiger partial charge on any atom is -0.497 e. The van der Waals surface area contributed by atoms with Crippen LogP contribution in [0.15, 0.2) is 48.7 Å². The minimum atomic E-state index is -0.489. The zero-order chi connectivity index (χ0) is 18.7. The molecule has 1 spiro atoms. The lowest BCUT2D eigenvalue weighted by molar-refractivity contribution is -0.187. The van der Waals surface area contributed by atoms with Crippen LogP contribution in [0.4, 0.5) is 0 Å². The van der Waals surface area contributed by atoms with Crippen molar-refractivity contribution in [2.75, 3.05) is 33.4 Å². The van der Waals surface area contributed by atoms with Gasteiger partial charge in [-0.3, -0.25) is 9.78 Å². The Morgan fingerprint density at radius 3 is 2.41 bits per heavy atom. The zero-order valence-corrected chi connectivity index (χ0v) is 15.5. The van der Waals surface area contributed by atoms with Gasteiger partial charge in [-0.2, -0.15) is 0 Å². The van der Waals surface area contributed by atoms with E-state index in [0.29, 0.717) is 39.1 Å². The van der Waals surface area contributed by atoms with E-state index >= 15 is 0 Å². The Morgan fingerprint density at radius 1 is 1.11 bits per heavy atom. The molecule has 0 radical (unpaired) electrons.